The van der Waals surface area contributed by atoms with E-state index in [-0.39, 0.29) is 53.9 Å². The smallest absolute Gasteiger partial charge is 0.310 e. The summed E-state index contributed by atoms with van der Waals surface area (Å²) in [5, 5.41) is 20.3. The van der Waals surface area contributed by atoms with E-state index in [4.69, 9.17) is 11.6 Å². The fourth-order valence-corrected chi connectivity index (χ4v) is 5.31. The Morgan fingerprint density at radius 2 is 2.00 bits per heavy atom. The average Bonchev–Trinajstić information content (AvgIpc) is 3.29. The zero-order valence-corrected chi connectivity index (χ0v) is 23.1. The molecule has 0 spiro atoms. The van der Waals surface area contributed by atoms with Crippen LogP contribution in [0.2, 0.25) is 5.02 Å². The van der Waals surface area contributed by atoms with Gasteiger partial charge >= 0.3 is 5.97 Å². The predicted octanol–water partition coefficient (Wildman–Crippen LogP) is 5.93. The number of nitrogens with zero attached hydrogens (tertiary/aromatic N) is 3. The SMILES string of the molecule is Cc1cc(Nc2cc(C(=O)C(C)C)c(F)c(C[C@@]3(C(=O)O)CCN(Cc4cccc(Cl)c4F)[C@H](C)C3)n2)n[nH]1. The summed E-state index contributed by atoms with van der Waals surface area (Å²) in [7, 11) is 0. The molecule has 4 rings (SSSR count). The van der Waals surface area contributed by atoms with Crippen LogP contribution in [-0.4, -0.2) is 49.5 Å². The van der Waals surface area contributed by atoms with E-state index in [1.807, 2.05) is 18.7 Å². The molecule has 0 bridgehead atoms. The van der Waals surface area contributed by atoms with Crippen molar-refractivity contribution < 1.29 is 23.5 Å². The van der Waals surface area contributed by atoms with Crippen LogP contribution in [0.5, 0.6) is 0 Å². The van der Waals surface area contributed by atoms with Gasteiger partial charge in [0.05, 0.1) is 21.7 Å². The van der Waals surface area contributed by atoms with E-state index in [2.05, 4.69) is 20.5 Å². The minimum Gasteiger partial charge on any atom is -0.481 e. The number of benzene rings is 1. The molecule has 1 aliphatic rings. The molecule has 3 N–H and O–H groups in total. The number of carbonyl (C=O) groups is 2. The Morgan fingerprint density at radius 1 is 1.26 bits per heavy atom. The van der Waals surface area contributed by atoms with Gasteiger partial charge in [-0.25, -0.2) is 13.8 Å². The Bertz CT molecular complexity index is 1400. The van der Waals surface area contributed by atoms with Crippen LogP contribution in [0, 0.1) is 29.9 Å². The van der Waals surface area contributed by atoms with Crippen LogP contribution in [-0.2, 0) is 17.8 Å². The molecule has 8 nitrogen and oxygen atoms in total. The van der Waals surface area contributed by atoms with Crippen molar-refractivity contribution >= 4 is 35.0 Å². The molecule has 0 saturated carbocycles. The highest BCUT2D eigenvalue weighted by atomic mass is 35.5. The predicted molar refractivity (Wildman–Crippen MR) is 144 cm³/mol. The molecular weight excluding hydrogens is 528 g/mol. The first-order valence-corrected chi connectivity index (χ1v) is 13.2. The number of aromatic amines is 1. The largest absolute Gasteiger partial charge is 0.481 e. The number of carbonyl (C=O) groups excluding carboxylic acids is 1. The Kier molecular flexibility index (Phi) is 8.37. The Labute approximate surface area is 230 Å². The van der Waals surface area contributed by atoms with Crippen molar-refractivity contribution in [2.75, 3.05) is 11.9 Å². The van der Waals surface area contributed by atoms with Crippen molar-refractivity contribution in [1.82, 2.24) is 20.1 Å². The molecule has 3 heterocycles. The number of piperidine rings is 1. The van der Waals surface area contributed by atoms with E-state index in [1.165, 1.54) is 12.1 Å². The maximum absolute atomic E-state index is 15.7. The molecular formula is C28H32ClF2N5O3. The number of likely N-dealkylation sites (tertiary alicyclic amines) is 1. The van der Waals surface area contributed by atoms with Crippen LogP contribution in [0.4, 0.5) is 20.4 Å². The van der Waals surface area contributed by atoms with Gasteiger partial charge in [0, 0.05) is 42.2 Å². The maximum atomic E-state index is 15.7. The summed E-state index contributed by atoms with van der Waals surface area (Å²) in [6.07, 6.45) is 0.181. The van der Waals surface area contributed by atoms with Crippen LogP contribution in [0.15, 0.2) is 30.3 Å². The van der Waals surface area contributed by atoms with Crippen LogP contribution >= 0.6 is 11.6 Å². The monoisotopic (exact) mass is 559 g/mol. The number of anilines is 2. The van der Waals surface area contributed by atoms with E-state index >= 15 is 4.39 Å². The van der Waals surface area contributed by atoms with Gasteiger partial charge in [-0.3, -0.25) is 19.6 Å². The van der Waals surface area contributed by atoms with Gasteiger partial charge in [0.15, 0.2) is 17.4 Å². The summed E-state index contributed by atoms with van der Waals surface area (Å²) >= 11 is 5.93. The summed E-state index contributed by atoms with van der Waals surface area (Å²) in [6, 6.07) is 7.62. The second kappa shape index (κ2) is 11.4. The number of nitrogens with one attached hydrogen (secondary N) is 2. The summed E-state index contributed by atoms with van der Waals surface area (Å²) in [5.74, 6) is -2.62. The number of H-pyrrole nitrogens is 1. The number of hydrogen-bond donors (Lipinski definition) is 3. The lowest BCUT2D eigenvalue weighted by Gasteiger charge is -2.43. The molecule has 0 amide bonds. The molecule has 0 aliphatic carbocycles. The second-order valence-electron chi connectivity index (χ2n) is 10.6. The molecule has 0 radical (unpaired) electrons. The van der Waals surface area contributed by atoms with Gasteiger partial charge in [-0.2, -0.15) is 5.10 Å². The number of hydrogen-bond acceptors (Lipinski definition) is 6. The fourth-order valence-electron chi connectivity index (χ4n) is 5.12. The first-order chi connectivity index (χ1) is 18.4. The zero-order chi connectivity index (χ0) is 28.5. The topological polar surface area (TPSA) is 111 Å². The molecule has 1 fully saturated rings. The highest BCUT2D eigenvalue weighted by Crippen LogP contribution is 2.40. The van der Waals surface area contributed by atoms with Gasteiger partial charge in [-0.15, -0.1) is 0 Å². The van der Waals surface area contributed by atoms with E-state index in [0.29, 0.717) is 17.9 Å². The van der Waals surface area contributed by atoms with Gasteiger partial charge in [0.25, 0.3) is 0 Å². The van der Waals surface area contributed by atoms with Crippen molar-refractivity contribution in [1.29, 1.82) is 0 Å². The van der Waals surface area contributed by atoms with Gasteiger partial charge in [-0.05, 0) is 45.4 Å². The molecule has 208 valence electrons. The Morgan fingerprint density at radius 3 is 2.62 bits per heavy atom. The molecule has 11 heteroatoms. The van der Waals surface area contributed by atoms with Crippen LogP contribution in [0.25, 0.3) is 0 Å². The molecule has 1 saturated heterocycles. The van der Waals surface area contributed by atoms with Crippen LogP contribution in [0.3, 0.4) is 0 Å². The standard InChI is InChI=1S/C28H32ClF2N5O3/c1-15(2)26(37)19-11-22(33-23-10-16(3)34-35-23)32-21(25(19)31)13-28(27(38)39)8-9-36(17(4)12-28)14-18-6-5-7-20(29)24(18)30/h5-7,10-11,15,17H,8-9,12-14H2,1-4H3,(H,38,39)(H2,32,33,34,35)/t17-,28-/m1/s1. The fraction of sp³-hybridized carbons (Fsp3) is 0.429. The number of ketones is 1. The Balaban J connectivity index is 1.64. The zero-order valence-electron chi connectivity index (χ0n) is 22.3. The number of pyridine rings is 1. The minimum atomic E-state index is -1.32. The summed E-state index contributed by atoms with van der Waals surface area (Å²) < 4.78 is 30.3. The number of rotatable bonds is 9. The third-order valence-corrected chi connectivity index (χ3v) is 7.62. The van der Waals surface area contributed by atoms with Gasteiger partial charge in [0.2, 0.25) is 0 Å². The normalized spacial score (nSPS) is 19.8. The number of aliphatic carboxylic acids is 1. The maximum Gasteiger partial charge on any atom is 0.310 e. The molecule has 1 aromatic carbocycles. The van der Waals surface area contributed by atoms with Crippen LogP contribution in [0.1, 0.15) is 60.9 Å². The second-order valence-corrected chi connectivity index (χ2v) is 11.1. The first-order valence-electron chi connectivity index (χ1n) is 12.8. The third-order valence-electron chi connectivity index (χ3n) is 7.33. The third kappa shape index (κ3) is 6.12. The lowest BCUT2D eigenvalue weighted by Crippen LogP contribution is -2.50. The lowest BCUT2D eigenvalue weighted by molar-refractivity contribution is -0.153. The quantitative estimate of drug-likeness (QED) is 0.279. The molecule has 39 heavy (non-hydrogen) atoms. The summed E-state index contributed by atoms with van der Waals surface area (Å²) in [6.45, 7) is 7.65. The van der Waals surface area contributed by atoms with E-state index < -0.39 is 34.7 Å². The van der Waals surface area contributed by atoms with E-state index in [9.17, 15) is 19.1 Å². The van der Waals surface area contributed by atoms with Gasteiger partial charge < -0.3 is 10.4 Å². The van der Waals surface area contributed by atoms with Crippen molar-refractivity contribution in [3.63, 3.8) is 0 Å². The number of carboxylic acid groups (broad SMARTS) is 1. The van der Waals surface area contributed by atoms with E-state index in [0.717, 1.165) is 5.69 Å². The van der Waals surface area contributed by atoms with Crippen molar-refractivity contribution in [2.24, 2.45) is 11.3 Å². The molecule has 1 aliphatic heterocycles. The van der Waals surface area contributed by atoms with Crippen molar-refractivity contribution in [2.45, 2.75) is 59.5 Å². The number of halogens is 3. The lowest BCUT2D eigenvalue weighted by atomic mass is 9.72. The van der Waals surface area contributed by atoms with Gasteiger partial charge in [-0.1, -0.05) is 37.6 Å². The molecule has 2 atom stereocenters. The molecule has 0 unspecified atom stereocenters. The highest BCUT2D eigenvalue weighted by Gasteiger charge is 2.45. The van der Waals surface area contributed by atoms with E-state index in [1.54, 1.807) is 32.0 Å². The number of Topliss-reactive ketones (excluding diaryl/α,β-unsaturated/α-hetero) is 1. The van der Waals surface area contributed by atoms with Gasteiger partial charge in [0.1, 0.15) is 11.6 Å². The summed E-state index contributed by atoms with van der Waals surface area (Å²) in [5.41, 5.74) is -0.348. The molecule has 3 aromatic rings. The molecule has 2 aromatic heterocycles. The minimum absolute atomic E-state index is 0.0313. The van der Waals surface area contributed by atoms with Crippen molar-refractivity contribution in [3.05, 3.63) is 69.5 Å². The number of aromatic nitrogens is 3. The summed E-state index contributed by atoms with van der Waals surface area (Å²) in [4.78, 5) is 31.9. The first kappa shape index (κ1) is 28.6. The highest BCUT2D eigenvalue weighted by molar-refractivity contribution is 6.30. The van der Waals surface area contributed by atoms with Crippen molar-refractivity contribution in [3.8, 4) is 0 Å². The number of aryl methyl sites for hydroxylation is 1. The Hall–Kier alpha value is -3.37. The number of carboxylic acids is 1. The average molecular weight is 560 g/mol. The van der Waals surface area contributed by atoms with Crippen LogP contribution < -0.4 is 5.32 Å².